The van der Waals surface area contributed by atoms with Crippen LogP contribution in [0.2, 0.25) is 0 Å². The van der Waals surface area contributed by atoms with E-state index in [9.17, 15) is 14.4 Å². The van der Waals surface area contributed by atoms with E-state index in [2.05, 4.69) is 30.9 Å². The molecule has 12 heteroatoms. The summed E-state index contributed by atoms with van der Waals surface area (Å²) in [5, 5.41) is 8.29. The van der Waals surface area contributed by atoms with Crippen molar-refractivity contribution in [3.63, 3.8) is 0 Å². The predicted molar refractivity (Wildman–Crippen MR) is 150 cm³/mol. The van der Waals surface area contributed by atoms with E-state index in [1.54, 1.807) is 27.0 Å². The Hall–Kier alpha value is -4.09. The summed E-state index contributed by atoms with van der Waals surface area (Å²) < 4.78 is 5.37. The second kappa shape index (κ2) is 14.7. The van der Waals surface area contributed by atoms with Gasteiger partial charge in [-0.3, -0.25) is 14.6 Å². The molecule has 0 radical (unpaired) electrons. The van der Waals surface area contributed by atoms with Crippen LogP contribution in [0.15, 0.2) is 41.5 Å². The molecule has 3 amide bonds. The maximum absolute atomic E-state index is 13.5. The second-order valence-corrected chi connectivity index (χ2v) is 10.6. The first-order valence-corrected chi connectivity index (χ1v) is 13.0. The number of nitrogens with two attached hydrogens (primary N) is 2. The van der Waals surface area contributed by atoms with Gasteiger partial charge in [0, 0.05) is 37.3 Å². The average molecular weight is 543 g/mol. The molecule has 1 aromatic carbocycles. The number of nitrogens with one attached hydrogen (secondary N) is 4. The summed E-state index contributed by atoms with van der Waals surface area (Å²) >= 11 is 0. The summed E-state index contributed by atoms with van der Waals surface area (Å²) in [6.45, 7) is 9.77. The van der Waals surface area contributed by atoms with Crippen molar-refractivity contribution in [2.24, 2.45) is 16.5 Å². The maximum atomic E-state index is 13.5. The van der Waals surface area contributed by atoms with Crippen molar-refractivity contribution >= 4 is 23.9 Å². The molecule has 0 spiro atoms. The summed E-state index contributed by atoms with van der Waals surface area (Å²) in [6.07, 6.45) is 1.74. The number of benzene rings is 1. The molecule has 12 nitrogen and oxygen atoms in total. The SMILES string of the molecule is CC(C)c1ncc(C[C@H](NC(=O)OC(C)(C)C)C(=O)N[C@@H](CCCN=C(N)N)C(=O)NCc2ccccc2)[nH]1. The van der Waals surface area contributed by atoms with Crippen LogP contribution in [0.3, 0.4) is 0 Å². The molecule has 0 bridgehead atoms. The zero-order valence-corrected chi connectivity index (χ0v) is 23.4. The Bertz CT molecular complexity index is 1100. The fourth-order valence-corrected chi connectivity index (χ4v) is 3.61. The minimum absolute atomic E-state index is 0.0499. The third kappa shape index (κ3) is 11.9. The Morgan fingerprint density at radius 1 is 1.05 bits per heavy atom. The number of carbonyl (C=O) groups excluding carboxylic acids is 3. The van der Waals surface area contributed by atoms with Gasteiger partial charge >= 0.3 is 6.09 Å². The van der Waals surface area contributed by atoms with Crippen molar-refractivity contribution < 1.29 is 19.1 Å². The molecule has 0 saturated carbocycles. The molecule has 8 N–H and O–H groups in total. The molecule has 0 saturated heterocycles. The highest BCUT2D eigenvalue weighted by Crippen LogP contribution is 2.12. The molecule has 2 aromatic rings. The van der Waals surface area contributed by atoms with Gasteiger partial charge in [0.15, 0.2) is 5.96 Å². The van der Waals surface area contributed by atoms with Crippen LogP contribution in [0.5, 0.6) is 0 Å². The van der Waals surface area contributed by atoms with E-state index in [1.165, 1.54) is 0 Å². The van der Waals surface area contributed by atoms with Gasteiger partial charge in [0.25, 0.3) is 0 Å². The highest BCUT2D eigenvalue weighted by atomic mass is 16.6. The number of guanidine groups is 1. The van der Waals surface area contributed by atoms with Crippen LogP contribution in [-0.2, 0) is 27.3 Å². The standard InChI is InChI=1S/C27H42N8O4/c1-17(2)22-31-16-19(33-22)14-21(35-26(38)39-27(3,4)5)24(37)34-20(12-9-13-30-25(28)29)23(36)32-15-18-10-7-6-8-11-18/h6-8,10-11,16-17,20-21H,9,12-15H2,1-5H3,(H,31,33)(H,32,36)(H,34,37)(H,35,38)(H4,28,29,30)/t20-,21-/m0/s1. The lowest BCUT2D eigenvalue weighted by molar-refractivity contribution is -0.130. The van der Waals surface area contributed by atoms with Crippen molar-refractivity contribution in [1.82, 2.24) is 25.9 Å². The van der Waals surface area contributed by atoms with Crippen LogP contribution in [0.25, 0.3) is 0 Å². The summed E-state index contributed by atoms with van der Waals surface area (Å²) in [7, 11) is 0. The first-order valence-electron chi connectivity index (χ1n) is 13.0. The van der Waals surface area contributed by atoms with Crippen LogP contribution >= 0.6 is 0 Å². The van der Waals surface area contributed by atoms with Crippen LogP contribution in [0, 0.1) is 0 Å². The summed E-state index contributed by atoms with van der Waals surface area (Å²) in [4.78, 5) is 50.6. The van der Waals surface area contributed by atoms with Crippen LogP contribution < -0.4 is 27.4 Å². The van der Waals surface area contributed by atoms with Crippen molar-refractivity contribution in [3.8, 4) is 0 Å². The number of carbonyl (C=O) groups is 3. The van der Waals surface area contributed by atoms with Gasteiger partial charge in [-0.05, 0) is 39.2 Å². The topological polar surface area (TPSA) is 190 Å². The minimum Gasteiger partial charge on any atom is -0.444 e. The summed E-state index contributed by atoms with van der Waals surface area (Å²) in [5.41, 5.74) is 11.6. The highest BCUT2D eigenvalue weighted by molar-refractivity contribution is 5.91. The van der Waals surface area contributed by atoms with Crippen molar-refractivity contribution in [2.75, 3.05) is 6.54 Å². The van der Waals surface area contributed by atoms with Crippen LogP contribution in [0.1, 0.15) is 70.5 Å². The Labute approximate surface area is 229 Å². The lowest BCUT2D eigenvalue weighted by Crippen LogP contribution is -2.55. The zero-order chi connectivity index (χ0) is 29.0. The third-order valence-electron chi connectivity index (χ3n) is 5.51. The largest absolute Gasteiger partial charge is 0.444 e. The van der Waals surface area contributed by atoms with Crippen LogP contribution in [-0.4, -0.2) is 58.1 Å². The van der Waals surface area contributed by atoms with Gasteiger partial charge in [0.1, 0.15) is 23.5 Å². The number of hydrogen-bond acceptors (Lipinski definition) is 6. The van der Waals surface area contributed by atoms with E-state index in [1.807, 2.05) is 44.2 Å². The number of alkyl carbamates (subject to hydrolysis) is 1. The average Bonchev–Trinajstić information content (AvgIpc) is 3.32. The van der Waals surface area contributed by atoms with E-state index in [-0.39, 0.29) is 30.6 Å². The molecule has 2 atom stereocenters. The smallest absolute Gasteiger partial charge is 0.408 e. The van der Waals surface area contributed by atoms with Gasteiger partial charge in [-0.1, -0.05) is 44.2 Å². The molecule has 0 aliphatic heterocycles. The van der Waals surface area contributed by atoms with Crippen LogP contribution in [0.4, 0.5) is 4.79 Å². The number of imidazole rings is 1. The first kappa shape index (κ1) is 31.1. The number of hydrogen-bond donors (Lipinski definition) is 6. The summed E-state index contributed by atoms with van der Waals surface area (Å²) in [5.74, 6) is -0.0297. The fraction of sp³-hybridized carbons (Fsp3) is 0.519. The Morgan fingerprint density at radius 3 is 2.33 bits per heavy atom. The van der Waals surface area contributed by atoms with Crippen molar-refractivity contribution in [2.45, 2.75) is 84.0 Å². The molecule has 1 heterocycles. The number of aromatic nitrogens is 2. The number of amides is 3. The molecule has 0 unspecified atom stereocenters. The van der Waals surface area contributed by atoms with Gasteiger partial charge in [0.2, 0.25) is 11.8 Å². The quantitative estimate of drug-likeness (QED) is 0.126. The van der Waals surface area contributed by atoms with Gasteiger partial charge in [0.05, 0.1) is 0 Å². The second-order valence-electron chi connectivity index (χ2n) is 10.6. The number of nitrogens with zero attached hydrogens (tertiary/aromatic N) is 2. The fourth-order valence-electron chi connectivity index (χ4n) is 3.61. The minimum atomic E-state index is -1.03. The van der Waals surface area contributed by atoms with E-state index < -0.39 is 29.7 Å². The van der Waals surface area contributed by atoms with Gasteiger partial charge in [-0.15, -0.1) is 0 Å². The number of H-pyrrole nitrogens is 1. The predicted octanol–water partition coefficient (Wildman–Crippen LogP) is 1.82. The highest BCUT2D eigenvalue weighted by Gasteiger charge is 2.29. The van der Waals surface area contributed by atoms with Gasteiger partial charge in [-0.25, -0.2) is 9.78 Å². The maximum Gasteiger partial charge on any atom is 0.408 e. The molecule has 1 aromatic heterocycles. The van der Waals surface area contributed by atoms with Gasteiger partial charge in [-0.2, -0.15) is 0 Å². The molecular weight excluding hydrogens is 500 g/mol. The number of aliphatic imine (C=N–C) groups is 1. The van der Waals surface area contributed by atoms with E-state index >= 15 is 0 Å². The van der Waals surface area contributed by atoms with E-state index in [0.717, 1.165) is 11.4 Å². The lowest BCUT2D eigenvalue weighted by Gasteiger charge is -2.25. The van der Waals surface area contributed by atoms with E-state index in [0.29, 0.717) is 25.2 Å². The normalized spacial score (nSPS) is 12.8. The molecule has 39 heavy (non-hydrogen) atoms. The molecule has 0 fully saturated rings. The number of ether oxygens (including phenoxy) is 1. The summed E-state index contributed by atoms with van der Waals surface area (Å²) in [6, 6.07) is 7.52. The van der Waals surface area contributed by atoms with Crippen molar-refractivity contribution in [3.05, 3.63) is 53.6 Å². The lowest BCUT2D eigenvalue weighted by atomic mass is 10.1. The molecular formula is C27H42N8O4. The molecule has 2 rings (SSSR count). The first-order chi connectivity index (χ1) is 18.3. The third-order valence-corrected chi connectivity index (χ3v) is 5.51. The molecule has 0 aliphatic rings. The van der Waals surface area contributed by atoms with E-state index in [4.69, 9.17) is 16.2 Å². The molecule has 214 valence electrons. The van der Waals surface area contributed by atoms with Crippen molar-refractivity contribution in [1.29, 1.82) is 0 Å². The Balaban J connectivity index is 2.19. The Morgan fingerprint density at radius 2 is 1.74 bits per heavy atom. The molecule has 0 aliphatic carbocycles. The number of rotatable bonds is 13. The van der Waals surface area contributed by atoms with Gasteiger partial charge < -0.3 is 37.1 Å². The number of aromatic amines is 1. The zero-order valence-electron chi connectivity index (χ0n) is 23.4. The monoisotopic (exact) mass is 542 g/mol. The Kier molecular flexibility index (Phi) is 11.8.